The normalized spacial score (nSPS) is 13.1. The van der Waals surface area contributed by atoms with Gasteiger partial charge in [0.15, 0.2) is 0 Å². The van der Waals surface area contributed by atoms with E-state index in [0.717, 1.165) is 17.7 Å². The Balaban J connectivity index is 2.66. The summed E-state index contributed by atoms with van der Waals surface area (Å²) in [4.78, 5) is 0. The van der Waals surface area contributed by atoms with Crippen LogP contribution in [0.15, 0.2) is 6.08 Å². The summed E-state index contributed by atoms with van der Waals surface area (Å²) in [6.45, 7) is 0. The zero-order valence-corrected chi connectivity index (χ0v) is 5.26. The van der Waals surface area contributed by atoms with Crippen LogP contribution < -0.4 is 0 Å². The molecule has 48 valence electrons. The highest BCUT2D eigenvalue weighted by molar-refractivity contribution is 5.62. The lowest BCUT2D eigenvalue weighted by Crippen LogP contribution is -1.76. The van der Waals surface area contributed by atoms with Crippen LogP contribution in [0.3, 0.4) is 0 Å². The molecule has 3 heteroatoms. The van der Waals surface area contributed by atoms with Gasteiger partial charge < -0.3 is 0 Å². The van der Waals surface area contributed by atoms with Crippen molar-refractivity contribution in [3.63, 3.8) is 0 Å². The molecule has 0 unspecified atom stereocenters. The van der Waals surface area contributed by atoms with Gasteiger partial charge in [0, 0.05) is 12.0 Å². The van der Waals surface area contributed by atoms with Crippen LogP contribution in [0.2, 0.25) is 0 Å². The van der Waals surface area contributed by atoms with Gasteiger partial charge in [-0.25, -0.2) is 0 Å². The standard InChI is InChI=1S/C7H5N3/c8-4-7-5-2-1-3-6(5)9-10-7/h1-2H,3H2,(H,9,10). The van der Waals surface area contributed by atoms with Gasteiger partial charge in [-0.15, -0.1) is 0 Å². The third kappa shape index (κ3) is 0.504. The third-order valence-electron chi connectivity index (χ3n) is 1.59. The van der Waals surface area contributed by atoms with Crippen LogP contribution >= 0.6 is 0 Å². The molecule has 0 aliphatic heterocycles. The number of fused-ring (bicyclic) bond motifs is 1. The van der Waals surface area contributed by atoms with Gasteiger partial charge in [-0.2, -0.15) is 10.4 Å². The minimum atomic E-state index is 0.573. The second kappa shape index (κ2) is 1.71. The molecule has 3 nitrogen and oxygen atoms in total. The minimum absolute atomic E-state index is 0.573. The Bertz CT molecular complexity index is 327. The van der Waals surface area contributed by atoms with Gasteiger partial charge in [0.05, 0.1) is 5.69 Å². The summed E-state index contributed by atoms with van der Waals surface area (Å²) in [5.41, 5.74) is 2.52. The van der Waals surface area contributed by atoms with E-state index in [2.05, 4.69) is 10.2 Å². The maximum atomic E-state index is 8.54. The highest BCUT2D eigenvalue weighted by atomic mass is 15.1. The van der Waals surface area contributed by atoms with Gasteiger partial charge in [0.25, 0.3) is 0 Å². The number of nitriles is 1. The van der Waals surface area contributed by atoms with Crippen LogP contribution in [0.4, 0.5) is 0 Å². The fraction of sp³-hybridized carbons (Fsp3) is 0.143. The van der Waals surface area contributed by atoms with Crippen molar-refractivity contribution in [2.24, 2.45) is 0 Å². The van der Waals surface area contributed by atoms with Crippen LogP contribution in [0.5, 0.6) is 0 Å². The van der Waals surface area contributed by atoms with E-state index in [9.17, 15) is 0 Å². The highest BCUT2D eigenvalue weighted by Crippen LogP contribution is 2.19. The Morgan fingerprint density at radius 1 is 1.70 bits per heavy atom. The molecule has 10 heavy (non-hydrogen) atoms. The van der Waals surface area contributed by atoms with Crippen molar-refractivity contribution in [1.82, 2.24) is 10.2 Å². The van der Waals surface area contributed by atoms with E-state index in [1.165, 1.54) is 0 Å². The number of hydrogen-bond donors (Lipinski definition) is 1. The van der Waals surface area contributed by atoms with Crippen molar-refractivity contribution in [3.8, 4) is 6.07 Å². The summed E-state index contributed by atoms with van der Waals surface area (Å²) in [7, 11) is 0. The molecule has 2 rings (SSSR count). The molecule has 0 saturated carbocycles. The number of H-pyrrole nitrogens is 1. The quantitative estimate of drug-likeness (QED) is 0.567. The first-order valence-electron chi connectivity index (χ1n) is 3.05. The molecule has 0 atom stereocenters. The van der Waals surface area contributed by atoms with E-state index >= 15 is 0 Å². The lowest BCUT2D eigenvalue weighted by molar-refractivity contribution is 1.01. The van der Waals surface area contributed by atoms with Crippen LogP contribution in [-0.2, 0) is 6.42 Å². The average Bonchev–Trinajstić information content (AvgIpc) is 2.44. The number of allylic oxidation sites excluding steroid dienone is 1. The summed E-state index contributed by atoms with van der Waals surface area (Å²) in [6.07, 6.45) is 4.79. The zero-order valence-electron chi connectivity index (χ0n) is 5.26. The average molecular weight is 131 g/mol. The van der Waals surface area contributed by atoms with Gasteiger partial charge in [-0.05, 0) is 0 Å². The molecule has 0 aromatic carbocycles. The van der Waals surface area contributed by atoms with Gasteiger partial charge in [-0.1, -0.05) is 12.2 Å². The molecule has 1 aliphatic carbocycles. The monoisotopic (exact) mass is 131 g/mol. The van der Waals surface area contributed by atoms with Crippen molar-refractivity contribution in [1.29, 1.82) is 5.26 Å². The molecule has 1 aromatic rings. The maximum Gasteiger partial charge on any atom is 0.143 e. The molecule has 1 heterocycles. The zero-order chi connectivity index (χ0) is 6.97. The molecule has 0 spiro atoms. The van der Waals surface area contributed by atoms with Crippen molar-refractivity contribution in [2.45, 2.75) is 6.42 Å². The van der Waals surface area contributed by atoms with E-state index in [1.807, 2.05) is 18.2 Å². The van der Waals surface area contributed by atoms with Crippen LogP contribution in [-0.4, -0.2) is 10.2 Å². The fourth-order valence-electron chi connectivity index (χ4n) is 1.10. The van der Waals surface area contributed by atoms with Gasteiger partial charge in [0.2, 0.25) is 0 Å². The topological polar surface area (TPSA) is 52.5 Å². The molecular formula is C7H5N3. The smallest absolute Gasteiger partial charge is 0.143 e. The largest absolute Gasteiger partial charge is 0.267 e. The Kier molecular flexibility index (Phi) is 0.896. The van der Waals surface area contributed by atoms with Gasteiger partial charge in [-0.3, -0.25) is 5.10 Å². The molecule has 0 bridgehead atoms. The van der Waals surface area contributed by atoms with Crippen molar-refractivity contribution >= 4 is 6.08 Å². The highest BCUT2D eigenvalue weighted by Gasteiger charge is 2.12. The van der Waals surface area contributed by atoms with Crippen LogP contribution in [0, 0.1) is 11.3 Å². The summed E-state index contributed by atoms with van der Waals surface area (Å²) in [5, 5.41) is 15.2. The van der Waals surface area contributed by atoms with Crippen molar-refractivity contribution in [2.75, 3.05) is 0 Å². The number of nitrogens with zero attached hydrogens (tertiary/aromatic N) is 2. The van der Waals surface area contributed by atoms with Crippen molar-refractivity contribution in [3.05, 3.63) is 23.0 Å². The van der Waals surface area contributed by atoms with E-state index in [1.54, 1.807) is 0 Å². The molecule has 1 aromatic heterocycles. The molecule has 0 saturated heterocycles. The summed E-state index contributed by atoms with van der Waals surface area (Å²) in [6, 6.07) is 2.04. The first-order valence-corrected chi connectivity index (χ1v) is 3.05. The Labute approximate surface area is 58.0 Å². The van der Waals surface area contributed by atoms with E-state index in [4.69, 9.17) is 5.26 Å². The number of rotatable bonds is 0. The van der Waals surface area contributed by atoms with Crippen molar-refractivity contribution < 1.29 is 0 Å². The molecule has 0 radical (unpaired) electrons. The Morgan fingerprint density at radius 2 is 2.60 bits per heavy atom. The first-order chi connectivity index (χ1) is 4.92. The maximum absolute atomic E-state index is 8.54. The first kappa shape index (κ1) is 5.24. The molecule has 1 aliphatic rings. The number of hydrogen-bond acceptors (Lipinski definition) is 2. The van der Waals surface area contributed by atoms with Gasteiger partial charge in [0.1, 0.15) is 11.8 Å². The van der Waals surface area contributed by atoms with E-state index < -0.39 is 0 Å². The summed E-state index contributed by atoms with van der Waals surface area (Å²) < 4.78 is 0. The lowest BCUT2D eigenvalue weighted by atomic mass is 10.2. The second-order valence-electron chi connectivity index (χ2n) is 2.18. The van der Waals surface area contributed by atoms with Gasteiger partial charge >= 0.3 is 0 Å². The van der Waals surface area contributed by atoms with Crippen LogP contribution in [0.25, 0.3) is 6.08 Å². The predicted octanol–water partition coefficient (Wildman–Crippen LogP) is 0.851. The number of aromatic amines is 1. The summed E-state index contributed by atoms with van der Waals surface area (Å²) >= 11 is 0. The molecule has 0 fully saturated rings. The number of nitrogens with one attached hydrogen (secondary N) is 1. The molecule has 0 amide bonds. The predicted molar refractivity (Wildman–Crippen MR) is 36.0 cm³/mol. The van der Waals surface area contributed by atoms with Crippen LogP contribution in [0.1, 0.15) is 17.0 Å². The second-order valence-corrected chi connectivity index (χ2v) is 2.18. The molecular weight excluding hydrogens is 126 g/mol. The van der Waals surface area contributed by atoms with E-state index in [0.29, 0.717) is 5.69 Å². The SMILES string of the molecule is N#Cc1[nH]nc2c1C=CC2. The third-order valence-corrected chi connectivity index (χ3v) is 1.59. The summed E-state index contributed by atoms with van der Waals surface area (Å²) in [5.74, 6) is 0. The number of aromatic nitrogens is 2. The Morgan fingerprint density at radius 3 is 3.40 bits per heavy atom. The fourth-order valence-corrected chi connectivity index (χ4v) is 1.10. The lowest BCUT2D eigenvalue weighted by Gasteiger charge is -1.80. The molecule has 1 N–H and O–H groups in total. The Hall–Kier alpha value is -1.56. The van der Waals surface area contributed by atoms with E-state index in [-0.39, 0.29) is 0 Å². The minimum Gasteiger partial charge on any atom is -0.267 e.